The Labute approximate surface area is 261 Å². The van der Waals surface area contributed by atoms with E-state index in [0.29, 0.717) is 28.2 Å². The van der Waals surface area contributed by atoms with Crippen molar-refractivity contribution in [1.82, 2.24) is 5.48 Å². The van der Waals surface area contributed by atoms with E-state index in [-0.39, 0.29) is 34.0 Å². The normalized spacial score (nSPS) is 19.7. The standard InChI is InChI=1S/C35H27NO10/c1-17-3-5-18(6-4-17)33-22(35(41)46-36-33)15-31-34(20-7-9-23(38)28(12-20)42-2)45-29-11-19(8-10-26(29)43-31)27-16-25(40)32-24(39)13-21(37)14-30(32)44-27/h3-16,31,33-34,36-39H,1-2H3/b22-15+. The minimum atomic E-state index is -0.826. The number of benzene rings is 4. The zero-order valence-corrected chi connectivity index (χ0v) is 24.5. The molecule has 0 bridgehead atoms. The minimum absolute atomic E-state index is 0.0100. The van der Waals surface area contributed by atoms with Gasteiger partial charge in [-0.05, 0) is 48.9 Å². The number of rotatable bonds is 5. The van der Waals surface area contributed by atoms with E-state index in [2.05, 4.69) is 5.48 Å². The van der Waals surface area contributed by atoms with Crippen LogP contribution in [0.15, 0.2) is 99.7 Å². The van der Waals surface area contributed by atoms with Gasteiger partial charge in [-0.1, -0.05) is 35.9 Å². The molecule has 0 saturated carbocycles. The molecule has 1 saturated heterocycles. The highest BCUT2D eigenvalue weighted by Gasteiger charge is 2.38. The number of ether oxygens (including phenoxy) is 3. The summed E-state index contributed by atoms with van der Waals surface area (Å²) in [6, 6.07) is 20.4. The van der Waals surface area contributed by atoms with E-state index in [1.54, 1.807) is 36.4 Å². The molecular weight excluding hydrogens is 594 g/mol. The van der Waals surface area contributed by atoms with Crippen molar-refractivity contribution in [3.05, 3.63) is 117 Å². The predicted molar refractivity (Wildman–Crippen MR) is 165 cm³/mol. The molecule has 0 aliphatic carbocycles. The van der Waals surface area contributed by atoms with Crippen LogP contribution in [0.3, 0.4) is 0 Å². The fraction of sp³-hybridized carbons (Fsp3) is 0.143. The van der Waals surface area contributed by atoms with Gasteiger partial charge in [0.25, 0.3) is 0 Å². The summed E-state index contributed by atoms with van der Waals surface area (Å²) in [5.74, 6) is -0.211. The van der Waals surface area contributed by atoms with Gasteiger partial charge >= 0.3 is 5.97 Å². The molecule has 1 fully saturated rings. The lowest BCUT2D eigenvalue weighted by Crippen LogP contribution is -2.32. The quantitative estimate of drug-likeness (QED) is 0.184. The van der Waals surface area contributed by atoms with Crippen LogP contribution in [0, 0.1) is 6.92 Å². The number of aryl methyl sites for hydroxylation is 1. The van der Waals surface area contributed by atoms with Crippen LogP contribution < -0.4 is 25.1 Å². The number of nitrogens with one attached hydrogen (secondary N) is 1. The average molecular weight is 622 g/mol. The number of hydrogen-bond acceptors (Lipinski definition) is 11. The number of hydrogen-bond donors (Lipinski definition) is 4. The van der Waals surface area contributed by atoms with Crippen molar-refractivity contribution in [3.63, 3.8) is 0 Å². The van der Waals surface area contributed by atoms with Crippen molar-refractivity contribution in [1.29, 1.82) is 0 Å². The molecule has 3 heterocycles. The number of methoxy groups -OCH3 is 1. The van der Waals surface area contributed by atoms with Crippen LogP contribution in [0.1, 0.15) is 28.8 Å². The molecule has 11 nitrogen and oxygen atoms in total. The average Bonchev–Trinajstić information content (AvgIpc) is 3.40. The highest BCUT2D eigenvalue weighted by atomic mass is 16.7. The minimum Gasteiger partial charge on any atom is -0.508 e. The van der Waals surface area contributed by atoms with E-state index >= 15 is 0 Å². The third kappa shape index (κ3) is 5.12. The Morgan fingerprint density at radius 1 is 0.826 bits per heavy atom. The molecule has 3 unspecified atom stereocenters. The highest BCUT2D eigenvalue weighted by molar-refractivity contribution is 5.92. The molecule has 5 aromatic rings. The molecule has 0 spiro atoms. The summed E-state index contributed by atoms with van der Waals surface area (Å²) in [6.45, 7) is 1.97. The van der Waals surface area contributed by atoms with Crippen LogP contribution in [0.4, 0.5) is 0 Å². The topological polar surface area (TPSA) is 157 Å². The van der Waals surface area contributed by atoms with E-state index < -0.39 is 35.4 Å². The monoisotopic (exact) mass is 621 g/mol. The van der Waals surface area contributed by atoms with Crippen molar-refractivity contribution >= 4 is 16.9 Å². The van der Waals surface area contributed by atoms with Gasteiger partial charge in [0, 0.05) is 29.3 Å². The van der Waals surface area contributed by atoms with Gasteiger partial charge in [-0.15, -0.1) is 5.48 Å². The SMILES string of the molecule is COc1cc(C2Oc3cc(-c4cc(=O)c5c(O)cc(O)cc5o4)ccc3OC2/C=C2/C(=O)ONC2c2ccc(C)cc2)ccc1O. The van der Waals surface area contributed by atoms with Crippen LogP contribution in [0.25, 0.3) is 22.3 Å². The molecule has 2 aliphatic rings. The Bertz CT molecular complexity index is 2100. The van der Waals surface area contributed by atoms with Crippen LogP contribution in [-0.2, 0) is 9.63 Å². The van der Waals surface area contributed by atoms with Crippen molar-refractivity contribution in [3.8, 4) is 45.8 Å². The Hall–Kier alpha value is -5.94. The van der Waals surface area contributed by atoms with Crippen molar-refractivity contribution in [2.24, 2.45) is 0 Å². The van der Waals surface area contributed by atoms with Gasteiger partial charge in [0.1, 0.15) is 28.2 Å². The predicted octanol–water partition coefficient (Wildman–Crippen LogP) is 5.50. The first kappa shape index (κ1) is 28.8. The third-order valence-electron chi connectivity index (χ3n) is 7.94. The summed E-state index contributed by atoms with van der Waals surface area (Å²) in [5.41, 5.74) is 5.59. The van der Waals surface area contributed by atoms with Gasteiger partial charge in [0.05, 0.1) is 18.7 Å². The number of phenolic OH excluding ortho intramolecular Hbond substituents is 3. The fourth-order valence-corrected chi connectivity index (χ4v) is 5.61. The number of carbonyl (C=O) groups is 1. The molecule has 4 aromatic carbocycles. The van der Waals surface area contributed by atoms with E-state index in [1.165, 1.54) is 25.3 Å². The lowest BCUT2D eigenvalue weighted by atomic mass is 9.94. The first-order chi connectivity index (χ1) is 22.2. The van der Waals surface area contributed by atoms with E-state index in [4.69, 9.17) is 23.5 Å². The molecule has 1 aromatic heterocycles. The van der Waals surface area contributed by atoms with E-state index in [0.717, 1.165) is 17.2 Å². The summed E-state index contributed by atoms with van der Waals surface area (Å²) in [7, 11) is 1.43. The lowest BCUT2D eigenvalue weighted by molar-refractivity contribution is -0.140. The fourth-order valence-electron chi connectivity index (χ4n) is 5.61. The van der Waals surface area contributed by atoms with Crippen LogP contribution in [-0.4, -0.2) is 34.5 Å². The van der Waals surface area contributed by atoms with Crippen LogP contribution >= 0.6 is 0 Å². The van der Waals surface area contributed by atoms with Crippen molar-refractivity contribution in [2.75, 3.05) is 7.11 Å². The van der Waals surface area contributed by atoms with E-state index in [9.17, 15) is 24.9 Å². The molecular formula is C35H27NO10. The summed E-state index contributed by atoms with van der Waals surface area (Å²) in [4.78, 5) is 31.0. The molecule has 46 heavy (non-hydrogen) atoms. The number of carbonyl (C=O) groups excluding carboxylic acids is 1. The zero-order chi connectivity index (χ0) is 32.1. The van der Waals surface area contributed by atoms with Crippen LogP contribution in [0.2, 0.25) is 0 Å². The first-order valence-corrected chi connectivity index (χ1v) is 14.3. The molecule has 0 radical (unpaired) electrons. The van der Waals surface area contributed by atoms with Gasteiger partial charge in [-0.25, -0.2) is 4.79 Å². The number of hydroxylamine groups is 1. The Kier molecular flexibility index (Phi) is 7.02. The van der Waals surface area contributed by atoms with Gasteiger partial charge in [0.15, 0.2) is 40.6 Å². The van der Waals surface area contributed by atoms with Gasteiger partial charge in [-0.3, -0.25) is 4.79 Å². The maximum Gasteiger partial charge on any atom is 0.354 e. The second-order valence-electron chi connectivity index (χ2n) is 11.0. The number of phenols is 3. The summed E-state index contributed by atoms with van der Waals surface area (Å²) >= 11 is 0. The zero-order valence-electron chi connectivity index (χ0n) is 24.5. The first-order valence-electron chi connectivity index (χ1n) is 14.3. The Morgan fingerprint density at radius 3 is 2.39 bits per heavy atom. The van der Waals surface area contributed by atoms with Gasteiger partial charge in [0.2, 0.25) is 0 Å². The number of fused-ring (bicyclic) bond motifs is 2. The second-order valence-corrected chi connectivity index (χ2v) is 11.0. The smallest absolute Gasteiger partial charge is 0.354 e. The van der Waals surface area contributed by atoms with Crippen LogP contribution in [0.5, 0.6) is 34.5 Å². The molecule has 232 valence electrons. The maximum atomic E-state index is 12.9. The Morgan fingerprint density at radius 2 is 1.61 bits per heavy atom. The highest BCUT2D eigenvalue weighted by Crippen LogP contribution is 2.44. The van der Waals surface area contributed by atoms with Gasteiger partial charge in [-0.2, -0.15) is 0 Å². The Balaban J connectivity index is 1.31. The summed E-state index contributed by atoms with van der Waals surface area (Å²) in [5, 5.41) is 30.3. The largest absolute Gasteiger partial charge is 0.508 e. The molecule has 0 amide bonds. The molecule has 2 aliphatic heterocycles. The molecule has 11 heteroatoms. The lowest BCUT2D eigenvalue weighted by Gasteiger charge is -2.33. The van der Waals surface area contributed by atoms with Crippen molar-refractivity contribution < 1.29 is 43.6 Å². The molecule has 3 atom stereocenters. The van der Waals surface area contributed by atoms with Gasteiger partial charge < -0.3 is 38.8 Å². The summed E-state index contributed by atoms with van der Waals surface area (Å²) < 4.78 is 24.2. The van der Waals surface area contributed by atoms with E-state index in [1.807, 2.05) is 31.2 Å². The third-order valence-corrected chi connectivity index (χ3v) is 7.94. The maximum absolute atomic E-state index is 12.9. The number of aromatic hydroxyl groups is 3. The summed E-state index contributed by atoms with van der Waals surface area (Å²) in [6.07, 6.45) is 0.0107. The molecule has 4 N–H and O–H groups in total. The second kappa shape index (κ2) is 11.2. The molecule has 7 rings (SSSR count). The van der Waals surface area contributed by atoms with Crippen molar-refractivity contribution in [2.45, 2.75) is 25.2 Å².